The molecule has 0 N–H and O–H groups in total. The minimum atomic E-state index is -0.192. The highest BCUT2D eigenvalue weighted by molar-refractivity contribution is 5.36. The van der Waals surface area contributed by atoms with Crippen LogP contribution in [0, 0.1) is 11.7 Å². The molecule has 0 spiro atoms. The maximum atomic E-state index is 12.7. The maximum absolute atomic E-state index is 12.7. The molecule has 1 saturated heterocycles. The number of hydrogen-bond acceptors (Lipinski definition) is 3. The van der Waals surface area contributed by atoms with Crippen LogP contribution in [-0.4, -0.2) is 24.6 Å². The van der Waals surface area contributed by atoms with Crippen LogP contribution in [0.15, 0.2) is 24.3 Å². The highest BCUT2D eigenvalue weighted by Gasteiger charge is 2.20. The Labute approximate surface area is 100 Å². The summed E-state index contributed by atoms with van der Waals surface area (Å²) in [6.45, 7) is 2.04. The topological polar surface area (TPSA) is 29.5 Å². The fourth-order valence-corrected chi connectivity index (χ4v) is 2.23. The molecule has 1 aliphatic heterocycles. The average Bonchev–Trinajstić information content (AvgIpc) is 2.35. The van der Waals surface area contributed by atoms with Crippen LogP contribution >= 0.6 is 0 Å². The second-order valence-electron chi connectivity index (χ2n) is 4.40. The van der Waals surface area contributed by atoms with Crippen molar-refractivity contribution in [3.63, 3.8) is 0 Å². The maximum Gasteiger partial charge on any atom is 0.312 e. The zero-order valence-corrected chi connectivity index (χ0v) is 9.64. The number of hydroxylamine groups is 2. The second-order valence-corrected chi connectivity index (χ2v) is 4.40. The van der Waals surface area contributed by atoms with Crippen molar-refractivity contribution in [1.29, 1.82) is 0 Å². The van der Waals surface area contributed by atoms with E-state index in [0.29, 0.717) is 12.4 Å². The van der Waals surface area contributed by atoms with Crippen molar-refractivity contribution in [3.8, 4) is 0 Å². The van der Waals surface area contributed by atoms with E-state index in [1.807, 2.05) is 12.1 Å². The molecule has 0 radical (unpaired) electrons. The molecule has 0 atom stereocenters. The predicted octanol–water partition coefficient (Wildman–Crippen LogP) is 2.17. The van der Waals surface area contributed by atoms with Crippen molar-refractivity contribution in [2.75, 3.05) is 13.1 Å². The van der Waals surface area contributed by atoms with Gasteiger partial charge in [-0.1, -0.05) is 12.1 Å². The van der Waals surface area contributed by atoms with Crippen molar-refractivity contribution >= 4 is 6.47 Å². The van der Waals surface area contributed by atoms with Gasteiger partial charge in [-0.3, -0.25) is 4.79 Å². The van der Waals surface area contributed by atoms with Crippen LogP contribution in [0.4, 0.5) is 4.39 Å². The monoisotopic (exact) mass is 237 g/mol. The Bertz CT molecular complexity index is 358. The zero-order chi connectivity index (χ0) is 12.1. The summed E-state index contributed by atoms with van der Waals surface area (Å²) < 4.78 is 12.7. The number of nitrogens with zero attached hydrogens (tertiary/aromatic N) is 1. The molecule has 3 nitrogen and oxygen atoms in total. The van der Waals surface area contributed by atoms with E-state index in [9.17, 15) is 9.18 Å². The smallest absolute Gasteiger partial charge is 0.312 e. The third kappa shape index (κ3) is 3.53. The normalized spacial score (nSPS) is 17.9. The third-order valence-electron chi connectivity index (χ3n) is 3.20. The second kappa shape index (κ2) is 5.77. The van der Waals surface area contributed by atoms with E-state index in [1.54, 1.807) is 5.06 Å². The van der Waals surface area contributed by atoms with Crippen LogP contribution in [0.5, 0.6) is 0 Å². The van der Waals surface area contributed by atoms with Crippen LogP contribution in [-0.2, 0) is 16.1 Å². The fraction of sp³-hybridized carbons (Fsp3) is 0.462. The number of hydrogen-bond donors (Lipinski definition) is 0. The summed E-state index contributed by atoms with van der Waals surface area (Å²) in [5, 5.41) is 1.69. The Balaban J connectivity index is 1.81. The lowest BCUT2D eigenvalue weighted by molar-refractivity contribution is -0.180. The lowest BCUT2D eigenvalue weighted by atomic mass is 9.91. The molecule has 0 aliphatic carbocycles. The van der Waals surface area contributed by atoms with Gasteiger partial charge in [-0.15, -0.1) is 5.06 Å². The molecule has 1 aromatic carbocycles. The van der Waals surface area contributed by atoms with Gasteiger partial charge in [-0.05, 0) is 42.9 Å². The molecular formula is C13H16FNO2. The summed E-state index contributed by atoms with van der Waals surface area (Å²) in [7, 11) is 0. The number of benzene rings is 1. The SMILES string of the molecule is O=CON1CCC(Cc2ccc(F)cc2)CC1. The summed E-state index contributed by atoms with van der Waals surface area (Å²) in [5.74, 6) is 0.398. The highest BCUT2D eigenvalue weighted by atomic mass is 19.1. The Morgan fingerprint density at radius 3 is 2.53 bits per heavy atom. The van der Waals surface area contributed by atoms with Gasteiger partial charge in [0.15, 0.2) is 0 Å². The molecule has 1 aliphatic rings. The van der Waals surface area contributed by atoms with Crippen molar-refractivity contribution in [3.05, 3.63) is 35.6 Å². The van der Waals surface area contributed by atoms with Gasteiger partial charge < -0.3 is 4.84 Å². The summed E-state index contributed by atoms with van der Waals surface area (Å²) in [6, 6.07) is 6.67. The number of rotatable bonds is 4. The summed E-state index contributed by atoms with van der Waals surface area (Å²) >= 11 is 0. The van der Waals surface area contributed by atoms with Gasteiger partial charge in [-0.25, -0.2) is 4.39 Å². The fourth-order valence-electron chi connectivity index (χ4n) is 2.23. The number of carbonyl (C=O) groups is 1. The van der Waals surface area contributed by atoms with Crippen LogP contribution in [0.2, 0.25) is 0 Å². The third-order valence-corrected chi connectivity index (χ3v) is 3.20. The Morgan fingerprint density at radius 1 is 1.29 bits per heavy atom. The van der Waals surface area contributed by atoms with Gasteiger partial charge in [0.1, 0.15) is 5.82 Å². The van der Waals surface area contributed by atoms with E-state index in [4.69, 9.17) is 4.84 Å². The molecule has 0 amide bonds. The summed E-state index contributed by atoms with van der Waals surface area (Å²) in [4.78, 5) is 15.0. The van der Waals surface area contributed by atoms with Gasteiger partial charge in [0.25, 0.3) is 0 Å². The summed E-state index contributed by atoms with van der Waals surface area (Å²) in [5.41, 5.74) is 1.17. The molecule has 2 rings (SSSR count). The van der Waals surface area contributed by atoms with Gasteiger partial charge in [-0.2, -0.15) is 0 Å². The standard InChI is InChI=1S/C13H16FNO2/c14-13-3-1-11(2-4-13)9-12-5-7-15(8-6-12)17-10-16/h1-4,10,12H,5-9H2. The molecule has 92 valence electrons. The molecule has 0 unspecified atom stereocenters. The molecule has 4 heteroatoms. The lowest BCUT2D eigenvalue weighted by Gasteiger charge is -2.29. The van der Waals surface area contributed by atoms with Crippen molar-refractivity contribution in [1.82, 2.24) is 5.06 Å². The quantitative estimate of drug-likeness (QED) is 0.752. The molecule has 1 fully saturated rings. The van der Waals surface area contributed by atoms with E-state index in [1.165, 1.54) is 17.7 Å². The van der Waals surface area contributed by atoms with Crippen molar-refractivity contribution in [2.24, 2.45) is 5.92 Å². The van der Waals surface area contributed by atoms with Gasteiger partial charge in [0, 0.05) is 13.1 Å². The van der Waals surface area contributed by atoms with E-state index in [0.717, 1.165) is 32.4 Å². The molecule has 1 heterocycles. The largest absolute Gasteiger partial charge is 0.371 e. The molecule has 0 saturated carbocycles. The van der Waals surface area contributed by atoms with Crippen LogP contribution in [0.25, 0.3) is 0 Å². The molecule has 0 bridgehead atoms. The first-order valence-electron chi connectivity index (χ1n) is 5.88. The molecule has 1 aromatic rings. The highest BCUT2D eigenvalue weighted by Crippen LogP contribution is 2.21. The Hall–Kier alpha value is -1.42. The van der Waals surface area contributed by atoms with Gasteiger partial charge in [0.2, 0.25) is 0 Å². The lowest BCUT2D eigenvalue weighted by Crippen LogP contribution is -2.34. The van der Waals surface area contributed by atoms with Crippen LogP contribution < -0.4 is 0 Å². The van der Waals surface area contributed by atoms with E-state index < -0.39 is 0 Å². The number of piperidine rings is 1. The minimum absolute atomic E-state index is 0.192. The minimum Gasteiger partial charge on any atom is -0.371 e. The zero-order valence-electron chi connectivity index (χ0n) is 9.64. The van der Waals surface area contributed by atoms with E-state index in [-0.39, 0.29) is 5.82 Å². The average molecular weight is 237 g/mol. The molecular weight excluding hydrogens is 221 g/mol. The summed E-state index contributed by atoms with van der Waals surface area (Å²) in [6.07, 6.45) is 2.98. The van der Waals surface area contributed by atoms with Crippen molar-refractivity contribution in [2.45, 2.75) is 19.3 Å². The molecule has 0 aromatic heterocycles. The Morgan fingerprint density at radius 2 is 1.94 bits per heavy atom. The van der Waals surface area contributed by atoms with E-state index >= 15 is 0 Å². The number of carbonyl (C=O) groups excluding carboxylic acids is 1. The van der Waals surface area contributed by atoms with Crippen LogP contribution in [0.1, 0.15) is 18.4 Å². The first-order chi connectivity index (χ1) is 8.28. The predicted molar refractivity (Wildman–Crippen MR) is 61.6 cm³/mol. The Kier molecular flexibility index (Phi) is 4.09. The molecule has 17 heavy (non-hydrogen) atoms. The first kappa shape index (κ1) is 12.0. The van der Waals surface area contributed by atoms with Gasteiger partial charge in [0.05, 0.1) is 0 Å². The van der Waals surface area contributed by atoms with E-state index in [2.05, 4.69) is 0 Å². The van der Waals surface area contributed by atoms with Gasteiger partial charge >= 0.3 is 6.47 Å². The van der Waals surface area contributed by atoms with Crippen LogP contribution in [0.3, 0.4) is 0 Å². The number of halogens is 1. The van der Waals surface area contributed by atoms with Crippen molar-refractivity contribution < 1.29 is 14.0 Å². The first-order valence-corrected chi connectivity index (χ1v) is 5.88.